The zero-order chi connectivity index (χ0) is 33.8. The molecule has 0 aromatic rings. The SMILES string of the molecule is CC(=O)OC(C1CC(C)C2C(O1)C(OC(=O)CN)C1(C)C3CCC4C(C)(C)C(OC(=O)CN)CCC45CC35CCC21C)C(C)(C)O. The smallest absolute Gasteiger partial charge is 0.320 e. The maximum absolute atomic E-state index is 13.1. The summed E-state index contributed by atoms with van der Waals surface area (Å²) in [4.78, 5) is 37.5. The Bertz CT molecular complexity index is 1260. The Morgan fingerprint density at radius 3 is 2.15 bits per heavy atom. The van der Waals surface area contributed by atoms with Crippen molar-refractivity contribution in [2.75, 3.05) is 13.1 Å². The highest BCUT2D eigenvalue weighted by molar-refractivity contribution is 5.72. The molecule has 5 aliphatic carbocycles. The van der Waals surface area contributed by atoms with Gasteiger partial charge < -0.3 is 35.5 Å². The fraction of sp³-hybridized carbons (Fsp3) is 0.917. The molecule has 5 N–H and O–H groups in total. The molecule has 6 rings (SSSR count). The Kier molecular flexibility index (Phi) is 8.07. The average molecular weight is 647 g/mol. The van der Waals surface area contributed by atoms with Crippen LogP contribution in [0.5, 0.6) is 0 Å². The van der Waals surface area contributed by atoms with Gasteiger partial charge in [-0.15, -0.1) is 0 Å². The van der Waals surface area contributed by atoms with E-state index < -0.39 is 42.0 Å². The molecule has 6 aliphatic rings. The first-order chi connectivity index (χ1) is 21.3. The molecule has 46 heavy (non-hydrogen) atoms. The highest BCUT2D eigenvalue weighted by Crippen LogP contribution is 2.89. The summed E-state index contributed by atoms with van der Waals surface area (Å²) < 4.78 is 25.0. The van der Waals surface area contributed by atoms with E-state index in [0.717, 1.165) is 44.9 Å². The van der Waals surface area contributed by atoms with Crippen molar-refractivity contribution in [1.29, 1.82) is 0 Å². The molecular weight excluding hydrogens is 588 g/mol. The second-order valence-corrected chi connectivity index (χ2v) is 17.6. The largest absolute Gasteiger partial charge is 0.461 e. The first-order valence-corrected chi connectivity index (χ1v) is 17.7. The fourth-order valence-electron chi connectivity index (χ4n) is 13.1. The predicted octanol–water partition coefficient (Wildman–Crippen LogP) is 3.88. The fourth-order valence-corrected chi connectivity index (χ4v) is 13.1. The first kappa shape index (κ1) is 34.1. The van der Waals surface area contributed by atoms with Gasteiger partial charge in [-0.1, -0.05) is 34.6 Å². The van der Waals surface area contributed by atoms with E-state index in [4.69, 9.17) is 30.4 Å². The van der Waals surface area contributed by atoms with E-state index in [9.17, 15) is 19.5 Å². The van der Waals surface area contributed by atoms with Crippen LogP contribution < -0.4 is 11.5 Å². The molecule has 1 heterocycles. The number of aliphatic hydroxyl groups is 1. The zero-order valence-electron chi connectivity index (χ0n) is 29.2. The van der Waals surface area contributed by atoms with Crippen molar-refractivity contribution in [3.8, 4) is 0 Å². The molecule has 0 amide bonds. The lowest BCUT2D eigenvalue weighted by Crippen LogP contribution is -2.60. The quantitative estimate of drug-likeness (QED) is 0.274. The summed E-state index contributed by atoms with van der Waals surface area (Å²) in [6, 6.07) is 0. The molecule has 10 nitrogen and oxygen atoms in total. The van der Waals surface area contributed by atoms with E-state index in [1.165, 1.54) is 6.92 Å². The lowest BCUT2D eigenvalue weighted by atomic mass is 9.41. The summed E-state index contributed by atoms with van der Waals surface area (Å²) in [5.74, 6) is -0.184. The molecule has 0 aromatic carbocycles. The van der Waals surface area contributed by atoms with Crippen LogP contribution in [0.1, 0.15) is 107 Å². The minimum absolute atomic E-state index is 0.102. The third-order valence-corrected chi connectivity index (χ3v) is 14.9. The van der Waals surface area contributed by atoms with Crippen LogP contribution in [0.25, 0.3) is 0 Å². The maximum Gasteiger partial charge on any atom is 0.320 e. The van der Waals surface area contributed by atoms with E-state index in [1.807, 2.05) is 0 Å². The van der Waals surface area contributed by atoms with Crippen molar-refractivity contribution in [2.45, 2.75) is 143 Å². The van der Waals surface area contributed by atoms with Crippen molar-refractivity contribution in [1.82, 2.24) is 0 Å². The van der Waals surface area contributed by atoms with Gasteiger partial charge in [-0.3, -0.25) is 14.4 Å². The maximum atomic E-state index is 13.1. The van der Waals surface area contributed by atoms with Crippen LogP contribution >= 0.6 is 0 Å². The Labute approximate surface area is 274 Å². The van der Waals surface area contributed by atoms with E-state index in [1.54, 1.807) is 13.8 Å². The Hall–Kier alpha value is -1.75. The molecule has 10 heteroatoms. The van der Waals surface area contributed by atoms with Gasteiger partial charge in [0, 0.05) is 17.8 Å². The van der Waals surface area contributed by atoms with Crippen LogP contribution in [0.2, 0.25) is 0 Å². The summed E-state index contributed by atoms with van der Waals surface area (Å²) in [6.45, 7) is 15.9. The molecule has 0 bridgehead atoms. The number of ether oxygens (including phenoxy) is 4. The summed E-state index contributed by atoms with van der Waals surface area (Å²) in [5.41, 5.74) is 9.77. The van der Waals surface area contributed by atoms with Crippen molar-refractivity contribution in [2.24, 2.45) is 62.2 Å². The average Bonchev–Trinajstić information content (AvgIpc) is 3.59. The van der Waals surface area contributed by atoms with E-state index >= 15 is 0 Å². The molecule has 13 atom stereocenters. The third-order valence-electron chi connectivity index (χ3n) is 14.9. The van der Waals surface area contributed by atoms with Crippen molar-refractivity contribution < 1.29 is 38.4 Å². The van der Waals surface area contributed by atoms with Gasteiger partial charge in [-0.05, 0) is 105 Å². The van der Waals surface area contributed by atoms with Gasteiger partial charge in [-0.25, -0.2) is 0 Å². The van der Waals surface area contributed by atoms with Gasteiger partial charge in [0.1, 0.15) is 12.2 Å². The van der Waals surface area contributed by atoms with Crippen LogP contribution in [0.4, 0.5) is 0 Å². The monoisotopic (exact) mass is 646 g/mol. The first-order valence-electron chi connectivity index (χ1n) is 17.7. The highest BCUT2D eigenvalue weighted by Gasteiger charge is 2.85. The number of fused-ring (bicyclic) bond motifs is 4. The van der Waals surface area contributed by atoms with Crippen LogP contribution in [-0.2, 0) is 33.3 Å². The van der Waals surface area contributed by atoms with Gasteiger partial charge >= 0.3 is 17.9 Å². The van der Waals surface area contributed by atoms with Crippen molar-refractivity contribution in [3.63, 3.8) is 0 Å². The van der Waals surface area contributed by atoms with Gasteiger partial charge in [-0.2, -0.15) is 0 Å². The minimum atomic E-state index is -1.32. The molecule has 5 saturated carbocycles. The third kappa shape index (κ3) is 4.51. The second kappa shape index (κ2) is 10.9. The normalized spacial score (nSPS) is 47.5. The standard InChI is InChI=1S/C36H58N2O8/c1-19-15-21(29(32(5,6)42)43-20(2)39)44-28-27(19)33(7)13-14-36-18-35(36)12-11-24(45-25(40)16-37)31(3,4)22(35)9-10-23(36)34(33,8)30(28)46-26(41)17-38/h19,21-24,27-30,42H,9-18,37-38H2,1-8H3. The van der Waals surface area contributed by atoms with Gasteiger partial charge in [0.25, 0.3) is 0 Å². The summed E-state index contributed by atoms with van der Waals surface area (Å²) in [6.07, 6.45) is 5.34. The van der Waals surface area contributed by atoms with Crippen LogP contribution in [-0.4, -0.2) is 72.2 Å². The number of carbonyl (C=O) groups excluding carboxylic acids is 3. The van der Waals surface area contributed by atoms with E-state index in [2.05, 4.69) is 34.6 Å². The second-order valence-electron chi connectivity index (χ2n) is 17.6. The minimum Gasteiger partial charge on any atom is -0.461 e. The lowest BCUT2D eigenvalue weighted by Gasteiger charge is -2.63. The van der Waals surface area contributed by atoms with Crippen molar-refractivity contribution in [3.05, 3.63) is 0 Å². The van der Waals surface area contributed by atoms with E-state index in [-0.39, 0.29) is 64.1 Å². The molecule has 0 aromatic heterocycles. The summed E-state index contributed by atoms with van der Waals surface area (Å²) in [5, 5.41) is 11.1. The zero-order valence-corrected chi connectivity index (χ0v) is 29.2. The Balaban J connectivity index is 1.38. The molecule has 13 unspecified atom stereocenters. The van der Waals surface area contributed by atoms with Gasteiger partial charge in [0.2, 0.25) is 0 Å². The number of nitrogens with two attached hydrogens (primary N) is 2. The molecule has 1 saturated heterocycles. The summed E-state index contributed by atoms with van der Waals surface area (Å²) >= 11 is 0. The molecule has 1 aliphatic heterocycles. The van der Waals surface area contributed by atoms with Crippen molar-refractivity contribution >= 4 is 17.9 Å². The Morgan fingerprint density at radius 1 is 0.935 bits per heavy atom. The molecule has 2 spiro atoms. The number of hydrogen-bond acceptors (Lipinski definition) is 10. The predicted molar refractivity (Wildman–Crippen MR) is 170 cm³/mol. The van der Waals surface area contributed by atoms with Gasteiger partial charge in [0.15, 0.2) is 6.10 Å². The van der Waals surface area contributed by atoms with Gasteiger partial charge in [0.05, 0.1) is 30.9 Å². The molecule has 260 valence electrons. The lowest BCUT2D eigenvalue weighted by molar-refractivity contribution is -0.221. The number of carbonyl (C=O) groups is 3. The topological polar surface area (TPSA) is 160 Å². The Morgan fingerprint density at radius 2 is 1.54 bits per heavy atom. The molecule has 0 radical (unpaired) electrons. The molecule has 6 fully saturated rings. The number of rotatable bonds is 7. The summed E-state index contributed by atoms with van der Waals surface area (Å²) in [7, 11) is 0. The number of hydrogen-bond donors (Lipinski definition) is 3. The number of esters is 3. The van der Waals surface area contributed by atoms with Crippen LogP contribution in [0.15, 0.2) is 0 Å². The van der Waals surface area contributed by atoms with Crippen LogP contribution in [0.3, 0.4) is 0 Å². The van der Waals surface area contributed by atoms with E-state index in [0.29, 0.717) is 18.3 Å². The van der Waals surface area contributed by atoms with Crippen LogP contribution in [0, 0.1) is 50.7 Å². The highest BCUT2D eigenvalue weighted by atomic mass is 16.6. The molecular formula is C36H58N2O8.